The van der Waals surface area contributed by atoms with Gasteiger partial charge >= 0.3 is 0 Å². The van der Waals surface area contributed by atoms with Crippen LogP contribution in [0.2, 0.25) is 0 Å². The molecule has 2 aromatic carbocycles. The van der Waals surface area contributed by atoms with Gasteiger partial charge in [0.05, 0.1) is 5.56 Å². The minimum Gasteiger partial charge on any atom is -0.340 e. The number of nitrogens with one attached hydrogen (secondary N) is 2. The average Bonchev–Trinajstić information content (AvgIpc) is 2.49. The first kappa shape index (κ1) is 15.7. The quantitative estimate of drug-likeness (QED) is 0.912. The monoisotopic (exact) mass is 300 g/mol. The summed E-state index contributed by atoms with van der Waals surface area (Å²) in [5.41, 5.74) is 1.51. The van der Waals surface area contributed by atoms with Gasteiger partial charge in [-0.05, 0) is 37.6 Å². The second kappa shape index (κ2) is 6.85. The summed E-state index contributed by atoms with van der Waals surface area (Å²) in [6.07, 6.45) is 0. The van der Waals surface area contributed by atoms with Crippen LogP contribution in [0.1, 0.15) is 22.8 Å². The third-order valence-electron chi connectivity index (χ3n) is 3.26. The number of carbonyl (C=O) groups excluding carboxylic acids is 2. The Labute approximate surface area is 128 Å². The lowest BCUT2D eigenvalue weighted by Gasteiger charge is -2.15. The van der Waals surface area contributed by atoms with Gasteiger partial charge < -0.3 is 10.6 Å². The summed E-state index contributed by atoms with van der Waals surface area (Å²) >= 11 is 0. The normalized spacial score (nSPS) is 11.6. The molecule has 2 N–H and O–H groups in total. The van der Waals surface area contributed by atoms with Crippen molar-refractivity contribution in [2.75, 3.05) is 5.32 Å². The second-order valence-corrected chi connectivity index (χ2v) is 4.98. The number of anilines is 1. The first-order valence-corrected chi connectivity index (χ1v) is 6.91. The average molecular weight is 300 g/mol. The number of aryl methyl sites for hydroxylation is 1. The van der Waals surface area contributed by atoms with E-state index in [2.05, 4.69) is 10.6 Å². The Morgan fingerprint density at radius 1 is 1.05 bits per heavy atom. The molecule has 1 atom stereocenters. The van der Waals surface area contributed by atoms with Gasteiger partial charge in [0.15, 0.2) is 0 Å². The number of amides is 2. The molecule has 4 nitrogen and oxygen atoms in total. The van der Waals surface area contributed by atoms with Crippen LogP contribution in [0.15, 0.2) is 48.5 Å². The zero-order valence-corrected chi connectivity index (χ0v) is 12.4. The van der Waals surface area contributed by atoms with Crippen molar-refractivity contribution in [1.29, 1.82) is 0 Å². The molecule has 0 aliphatic heterocycles. The zero-order valence-electron chi connectivity index (χ0n) is 12.4. The molecule has 2 amide bonds. The van der Waals surface area contributed by atoms with Crippen LogP contribution in [-0.2, 0) is 4.79 Å². The number of rotatable bonds is 4. The van der Waals surface area contributed by atoms with E-state index in [1.54, 1.807) is 19.1 Å². The minimum atomic E-state index is -0.785. The minimum absolute atomic E-state index is 0.0851. The van der Waals surface area contributed by atoms with Crippen LogP contribution < -0.4 is 10.6 Å². The molecular formula is C17H17FN2O2. The van der Waals surface area contributed by atoms with Crippen LogP contribution in [-0.4, -0.2) is 17.9 Å². The first-order chi connectivity index (χ1) is 10.5. The highest BCUT2D eigenvalue weighted by molar-refractivity contribution is 6.01. The molecule has 0 bridgehead atoms. The third-order valence-corrected chi connectivity index (χ3v) is 3.26. The molecule has 0 aliphatic rings. The lowest BCUT2D eigenvalue weighted by Crippen LogP contribution is -2.41. The van der Waals surface area contributed by atoms with Gasteiger partial charge in [0, 0.05) is 5.69 Å². The van der Waals surface area contributed by atoms with Crippen LogP contribution in [0, 0.1) is 12.7 Å². The fourth-order valence-corrected chi connectivity index (χ4v) is 1.94. The molecule has 1 unspecified atom stereocenters. The largest absolute Gasteiger partial charge is 0.340 e. The molecular weight excluding hydrogens is 283 g/mol. The van der Waals surface area contributed by atoms with E-state index in [9.17, 15) is 14.0 Å². The number of carbonyl (C=O) groups is 2. The maximum atomic E-state index is 13.5. The predicted octanol–water partition coefficient (Wildman–Crippen LogP) is 2.89. The summed E-state index contributed by atoms with van der Waals surface area (Å²) in [4.78, 5) is 24.1. The number of benzene rings is 2. The highest BCUT2D eigenvalue weighted by atomic mass is 19.1. The summed E-state index contributed by atoms with van der Waals surface area (Å²) < 4.78 is 13.5. The lowest BCUT2D eigenvalue weighted by atomic mass is 10.1. The highest BCUT2D eigenvalue weighted by Crippen LogP contribution is 2.13. The molecule has 114 valence electrons. The Morgan fingerprint density at radius 2 is 1.68 bits per heavy atom. The van der Waals surface area contributed by atoms with E-state index in [0.29, 0.717) is 5.69 Å². The van der Waals surface area contributed by atoms with Gasteiger partial charge in [0.1, 0.15) is 11.9 Å². The Morgan fingerprint density at radius 3 is 2.36 bits per heavy atom. The smallest absolute Gasteiger partial charge is 0.254 e. The van der Waals surface area contributed by atoms with Gasteiger partial charge in [0.25, 0.3) is 5.91 Å². The molecule has 0 saturated carbocycles. The molecule has 5 heteroatoms. The Hall–Kier alpha value is -2.69. The zero-order chi connectivity index (χ0) is 16.1. The number of hydrogen-bond donors (Lipinski definition) is 2. The van der Waals surface area contributed by atoms with Gasteiger partial charge in [-0.25, -0.2) is 4.39 Å². The molecule has 2 rings (SSSR count). The number of hydrogen-bond acceptors (Lipinski definition) is 2. The Kier molecular flexibility index (Phi) is 4.88. The highest BCUT2D eigenvalue weighted by Gasteiger charge is 2.18. The van der Waals surface area contributed by atoms with Crippen LogP contribution in [0.5, 0.6) is 0 Å². The van der Waals surface area contributed by atoms with Crippen molar-refractivity contribution in [3.05, 3.63) is 65.5 Å². The van der Waals surface area contributed by atoms with Crippen LogP contribution in [0.3, 0.4) is 0 Å². The number of para-hydroxylation sites is 1. The van der Waals surface area contributed by atoms with E-state index in [-0.39, 0.29) is 11.5 Å². The topological polar surface area (TPSA) is 58.2 Å². The predicted molar refractivity (Wildman–Crippen MR) is 83.1 cm³/mol. The van der Waals surface area contributed by atoms with Crippen molar-refractivity contribution in [3.63, 3.8) is 0 Å². The Balaban J connectivity index is 2.01. The van der Waals surface area contributed by atoms with Crippen LogP contribution in [0.4, 0.5) is 10.1 Å². The van der Waals surface area contributed by atoms with Gasteiger partial charge in [-0.15, -0.1) is 0 Å². The van der Waals surface area contributed by atoms with Gasteiger partial charge in [0.2, 0.25) is 5.91 Å². The van der Waals surface area contributed by atoms with Crippen LogP contribution >= 0.6 is 0 Å². The van der Waals surface area contributed by atoms with Crippen molar-refractivity contribution in [2.45, 2.75) is 19.9 Å². The van der Waals surface area contributed by atoms with E-state index >= 15 is 0 Å². The fourth-order valence-electron chi connectivity index (χ4n) is 1.94. The van der Waals surface area contributed by atoms with Crippen molar-refractivity contribution in [2.24, 2.45) is 0 Å². The molecule has 0 aliphatic carbocycles. The number of halogens is 1. The second-order valence-electron chi connectivity index (χ2n) is 4.98. The standard InChI is InChI=1S/C17H17FN2O2/c1-11-7-3-6-10-15(11)20-16(21)12(2)19-17(22)13-8-4-5-9-14(13)18/h3-10,12H,1-2H3,(H,19,22)(H,20,21). The van der Waals surface area contributed by atoms with Crippen molar-refractivity contribution in [3.8, 4) is 0 Å². The first-order valence-electron chi connectivity index (χ1n) is 6.91. The van der Waals surface area contributed by atoms with Gasteiger partial charge in [-0.1, -0.05) is 30.3 Å². The van der Waals surface area contributed by atoms with E-state index in [1.807, 2.05) is 25.1 Å². The van der Waals surface area contributed by atoms with Crippen molar-refractivity contribution in [1.82, 2.24) is 5.32 Å². The molecule has 0 aromatic heterocycles. The van der Waals surface area contributed by atoms with Crippen LogP contribution in [0.25, 0.3) is 0 Å². The lowest BCUT2D eigenvalue weighted by molar-refractivity contribution is -0.117. The maximum absolute atomic E-state index is 13.5. The Bertz CT molecular complexity index is 701. The summed E-state index contributed by atoms with van der Waals surface area (Å²) in [5.74, 6) is -1.60. The summed E-state index contributed by atoms with van der Waals surface area (Å²) in [6, 6.07) is 12.2. The van der Waals surface area contributed by atoms with E-state index in [1.165, 1.54) is 18.2 Å². The molecule has 0 fully saturated rings. The van der Waals surface area contributed by atoms with E-state index < -0.39 is 17.8 Å². The van der Waals surface area contributed by atoms with Crippen molar-refractivity contribution >= 4 is 17.5 Å². The molecule has 0 spiro atoms. The summed E-state index contributed by atoms with van der Waals surface area (Å²) in [5, 5.41) is 5.22. The van der Waals surface area contributed by atoms with Gasteiger partial charge in [-0.2, -0.15) is 0 Å². The summed E-state index contributed by atoms with van der Waals surface area (Å²) in [6.45, 7) is 3.42. The molecule has 0 radical (unpaired) electrons. The molecule has 22 heavy (non-hydrogen) atoms. The third kappa shape index (κ3) is 3.69. The maximum Gasteiger partial charge on any atom is 0.254 e. The fraction of sp³-hybridized carbons (Fsp3) is 0.176. The van der Waals surface area contributed by atoms with Crippen molar-refractivity contribution < 1.29 is 14.0 Å². The molecule has 2 aromatic rings. The summed E-state index contributed by atoms with van der Waals surface area (Å²) in [7, 11) is 0. The molecule has 0 saturated heterocycles. The van der Waals surface area contributed by atoms with E-state index in [4.69, 9.17) is 0 Å². The van der Waals surface area contributed by atoms with E-state index in [0.717, 1.165) is 5.56 Å². The SMILES string of the molecule is Cc1ccccc1NC(=O)C(C)NC(=O)c1ccccc1F. The molecule has 0 heterocycles. The van der Waals surface area contributed by atoms with Gasteiger partial charge in [-0.3, -0.25) is 9.59 Å².